The fourth-order valence-corrected chi connectivity index (χ4v) is 2.32. The van der Waals surface area contributed by atoms with Gasteiger partial charge in [0.15, 0.2) is 5.69 Å². The molecule has 0 saturated carbocycles. The molecule has 0 spiro atoms. The van der Waals surface area contributed by atoms with Crippen LogP contribution in [0, 0.1) is 0 Å². The van der Waals surface area contributed by atoms with Gasteiger partial charge >= 0.3 is 0 Å². The van der Waals surface area contributed by atoms with Crippen molar-refractivity contribution in [3.63, 3.8) is 0 Å². The van der Waals surface area contributed by atoms with Gasteiger partial charge in [-0.05, 0) is 38.1 Å². The molecule has 1 aromatic rings. The number of likely N-dealkylation sites (tertiary alicyclic amines) is 1. The first kappa shape index (κ1) is 12.8. The van der Waals surface area contributed by atoms with Crippen LogP contribution in [0.2, 0.25) is 0 Å². The number of hydrogen-bond acceptors (Lipinski definition) is 5. The summed E-state index contributed by atoms with van der Waals surface area (Å²) in [6, 6.07) is 3.88. The molecule has 1 fully saturated rings. The van der Waals surface area contributed by atoms with Gasteiger partial charge < -0.3 is 11.1 Å². The van der Waals surface area contributed by atoms with Gasteiger partial charge in [0.1, 0.15) is 5.82 Å². The van der Waals surface area contributed by atoms with Gasteiger partial charge in [0.25, 0.3) is 5.91 Å². The Balaban J connectivity index is 1.88. The van der Waals surface area contributed by atoms with E-state index in [1.54, 1.807) is 12.1 Å². The minimum atomic E-state index is -0.554. The summed E-state index contributed by atoms with van der Waals surface area (Å²) in [4.78, 5) is 13.3. The fraction of sp³-hybridized carbons (Fsp3) is 0.583. The number of nitrogens with zero attached hydrogens (tertiary/aromatic N) is 3. The molecule has 2 rings (SSSR count). The number of primary amides is 1. The summed E-state index contributed by atoms with van der Waals surface area (Å²) < 4.78 is 0. The Bertz CT molecular complexity index is 405. The SMILES string of the molecule is CCN1CCCC1CNc1ccc(C(N)=O)nn1. The molecule has 0 aliphatic carbocycles. The first-order valence-electron chi connectivity index (χ1n) is 6.32. The Morgan fingerprint density at radius 2 is 2.39 bits per heavy atom. The number of rotatable bonds is 5. The molecule has 1 unspecified atom stereocenters. The van der Waals surface area contributed by atoms with Gasteiger partial charge in [-0.3, -0.25) is 9.69 Å². The molecular formula is C12H19N5O. The minimum absolute atomic E-state index is 0.191. The van der Waals surface area contributed by atoms with Crippen molar-refractivity contribution in [3.8, 4) is 0 Å². The first-order valence-corrected chi connectivity index (χ1v) is 6.32. The lowest BCUT2D eigenvalue weighted by atomic mass is 10.2. The number of carbonyl (C=O) groups excluding carboxylic acids is 1. The highest BCUT2D eigenvalue weighted by Gasteiger charge is 2.22. The van der Waals surface area contributed by atoms with Gasteiger partial charge in [0.2, 0.25) is 0 Å². The van der Waals surface area contributed by atoms with Crippen molar-refractivity contribution < 1.29 is 4.79 Å². The molecule has 1 atom stereocenters. The predicted octanol–water partition coefficient (Wildman–Crippen LogP) is 0.472. The van der Waals surface area contributed by atoms with E-state index in [4.69, 9.17) is 5.73 Å². The monoisotopic (exact) mass is 249 g/mol. The molecule has 1 aromatic heterocycles. The molecule has 0 radical (unpaired) electrons. The highest BCUT2D eigenvalue weighted by atomic mass is 16.1. The third-order valence-corrected chi connectivity index (χ3v) is 3.34. The van der Waals surface area contributed by atoms with Crippen LogP contribution in [0.5, 0.6) is 0 Å². The van der Waals surface area contributed by atoms with Crippen LogP contribution in [-0.2, 0) is 0 Å². The molecule has 1 aliphatic heterocycles. The van der Waals surface area contributed by atoms with E-state index in [0.717, 1.165) is 13.1 Å². The molecule has 1 amide bonds. The summed E-state index contributed by atoms with van der Waals surface area (Å²) >= 11 is 0. The van der Waals surface area contributed by atoms with Crippen LogP contribution in [0.4, 0.5) is 5.82 Å². The molecule has 6 heteroatoms. The Hall–Kier alpha value is -1.69. The Morgan fingerprint density at radius 1 is 1.56 bits per heavy atom. The van der Waals surface area contributed by atoms with Gasteiger partial charge in [-0.2, -0.15) is 0 Å². The number of nitrogens with two attached hydrogens (primary N) is 1. The van der Waals surface area contributed by atoms with Crippen LogP contribution in [0.15, 0.2) is 12.1 Å². The van der Waals surface area contributed by atoms with Crippen LogP contribution < -0.4 is 11.1 Å². The molecule has 1 aliphatic rings. The van der Waals surface area contributed by atoms with Crippen molar-refractivity contribution in [1.29, 1.82) is 0 Å². The molecule has 1 saturated heterocycles. The van der Waals surface area contributed by atoms with E-state index in [1.165, 1.54) is 19.4 Å². The van der Waals surface area contributed by atoms with Gasteiger partial charge in [-0.1, -0.05) is 6.92 Å². The molecule has 0 aromatic carbocycles. The van der Waals surface area contributed by atoms with Gasteiger partial charge in [-0.25, -0.2) is 0 Å². The van der Waals surface area contributed by atoms with Crippen molar-refractivity contribution in [1.82, 2.24) is 15.1 Å². The van der Waals surface area contributed by atoms with Crippen molar-refractivity contribution >= 4 is 11.7 Å². The second-order valence-electron chi connectivity index (χ2n) is 4.47. The standard InChI is InChI=1S/C12H19N5O/c1-2-17-7-3-4-9(17)8-14-11-6-5-10(12(13)18)15-16-11/h5-6,9H,2-4,7-8H2,1H3,(H2,13,18)(H,14,16). The Labute approximate surface area is 107 Å². The van der Waals surface area contributed by atoms with E-state index < -0.39 is 5.91 Å². The van der Waals surface area contributed by atoms with Crippen LogP contribution >= 0.6 is 0 Å². The average molecular weight is 249 g/mol. The Morgan fingerprint density at radius 3 is 3.00 bits per heavy atom. The van der Waals surface area contributed by atoms with E-state index in [2.05, 4.69) is 27.3 Å². The summed E-state index contributed by atoms with van der Waals surface area (Å²) in [5.41, 5.74) is 5.30. The smallest absolute Gasteiger partial charge is 0.269 e. The van der Waals surface area contributed by atoms with Crippen LogP contribution in [0.25, 0.3) is 0 Å². The van der Waals surface area contributed by atoms with Crippen molar-refractivity contribution in [2.75, 3.05) is 25.0 Å². The molecule has 3 N–H and O–H groups in total. The highest BCUT2D eigenvalue weighted by Crippen LogP contribution is 2.16. The Kier molecular flexibility index (Phi) is 4.09. The van der Waals surface area contributed by atoms with Crippen molar-refractivity contribution in [3.05, 3.63) is 17.8 Å². The number of aromatic nitrogens is 2. The summed E-state index contributed by atoms with van der Waals surface area (Å²) in [5.74, 6) is 0.130. The fourth-order valence-electron chi connectivity index (χ4n) is 2.32. The zero-order valence-corrected chi connectivity index (χ0v) is 10.6. The lowest BCUT2D eigenvalue weighted by molar-refractivity contribution is 0.0994. The van der Waals surface area contributed by atoms with Gasteiger partial charge in [0.05, 0.1) is 0 Å². The lowest BCUT2D eigenvalue weighted by Gasteiger charge is -2.22. The highest BCUT2D eigenvalue weighted by molar-refractivity contribution is 5.90. The lowest BCUT2D eigenvalue weighted by Crippen LogP contribution is -2.34. The summed E-state index contributed by atoms with van der Waals surface area (Å²) in [6.45, 7) is 5.30. The number of carbonyl (C=O) groups is 1. The van der Waals surface area contributed by atoms with Crippen LogP contribution in [0.1, 0.15) is 30.3 Å². The van der Waals surface area contributed by atoms with Crippen LogP contribution in [0.3, 0.4) is 0 Å². The minimum Gasteiger partial charge on any atom is -0.367 e. The number of likely N-dealkylation sites (N-methyl/N-ethyl adjacent to an activating group) is 1. The quantitative estimate of drug-likeness (QED) is 0.792. The molecular weight excluding hydrogens is 230 g/mol. The third-order valence-electron chi connectivity index (χ3n) is 3.34. The number of hydrogen-bond donors (Lipinski definition) is 2. The van der Waals surface area contributed by atoms with Crippen LogP contribution in [-0.4, -0.2) is 46.7 Å². The van der Waals surface area contributed by atoms with E-state index >= 15 is 0 Å². The van der Waals surface area contributed by atoms with E-state index in [1.807, 2.05) is 0 Å². The molecule has 98 valence electrons. The number of amides is 1. The number of nitrogens with one attached hydrogen (secondary N) is 1. The zero-order chi connectivity index (χ0) is 13.0. The first-order chi connectivity index (χ1) is 8.70. The summed E-state index contributed by atoms with van der Waals surface area (Å²) in [5, 5.41) is 10.9. The molecule has 0 bridgehead atoms. The van der Waals surface area contributed by atoms with Gasteiger partial charge in [-0.15, -0.1) is 10.2 Å². The molecule has 2 heterocycles. The topological polar surface area (TPSA) is 84.1 Å². The summed E-state index contributed by atoms with van der Waals surface area (Å²) in [7, 11) is 0. The van der Waals surface area contributed by atoms with Crippen molar-refractivity contribution in [2.45, 2.75) is 25.8 Å². The summed E-state index contributed by atoms with van der Waals surface area (Å²) in [6.07, 6.45) is 2.47. The van der Waals surface area contributed by atoms with E-state index in [9.17, 15) is 4.79 Å². The third kappa shape index (κ3) is 2.95. The van der Waals surface area contributed by atoms with E-state index in [-0.39, 0.29) is 5.69 Å². The van der Waals surface area contributed by atoms with Gasteiger partial charge in [0, 0.05) is 12.6 Å². The second-order valence-corrected chi connectivity index (χ2v) is 4.47. The predicted molar refractivity (Wildman–Crippen MR) is 69.3 cm³/mol. The normalized spacial score (nSPS) is 19.9. The largest absolute Gasteiger partial charge is 0.367 e. The van der Waals surface area contributed by atoms with E-state index in [0.29, 0.717) is 11.9 Å². The average Bonchev–Trinajstić information content (AvgIpc) is 2.84. The number of anilines is 1. The maximum atomic E-state index is 10.9. The zero-order valence-electron chi connectivity index (χ0n) is 10.6. The molecule has 18 heavy (non-hydrogen) atoms. The van der Waals surface area contributed by atoms with Crippen molar-refractivity contribution in [2.24, 2.45) is 5.73 Å². The maximum absolute atomic E-state index is 10.9. The second kappa shape index (κ2) is 5.77. The molecule has 6 nitrogen and oxygen atoms in total. The maximum Gasteiger partial charge on any atom is 0.269 e.